The van der Waals surface area contributed by atoms with E-state index in [9.17, 15) is 8.42 Å². The van der Waals surface area contributed by atoms with Crippen LogP contribution in [0.1, 0.15) is 13.3 Å². The molecule has 0 saturated heterocycles. The first-order valence-corrected chi connectivity index (χ1v) is 7.37. The molecule has 0 heterocycles. The minimum atomic E-state index is -3.69. The second-order valence-electron chi connectivity index (χ2n) is 4.09. The number of anilines is 1. The summed E-state index contributed by atoms with van der Waals surface area (Å²) < 4.78 is 37.2. The number of hydrogen-bond acceptors (Lipinski definition) is 5. The molecule has 0 saturated carbocycles. The number of ether oxygens (including phenoxy) is 2. The molecule has 3 N–H and O–H groups in total. The average molecular weight is 288 g/mol. The molecule has 0 amide bonds. The molecule has 0 aliphatic heterocycles. The smallest absolute Gasteiger partial charge is 0.244 e. The highest BCUT2D eigenvalue weighted by Crippen LogP contribution is 2.26. The van der Waals surface area contributed by atoms with Gasteiger partial charge in [0, 0.05) is 18.8 Å². The number of nitrogen functional groups attached to an aromatic ring is 1. The van der Waals surface area contributed by atoms with Gasteiger partial charge in [0.1, 0.15) is 10.6 Å². The van der Waals surface area contributed by atoms with Crippen LogP contribution in [0.4, 0.5) is 5.69 Å². The number of nitrogens with two attached hydrogens (primary N) is 1. The lowest BCUT2D eigenvalue weighted by atomic mass is 10.3. The van der Waals surface area contributed by atoms with Gasteiger partial charge in [-0.2, -0.15) is 0 Å². The van der Waals surface area contributed by atoms with Gasteiger partial charge in [-0.15, -0.1) is 0 Å². The zero-order valence-corrected chi connectivity index (χ0v) is 12.2. The van der Waals surface area contributed by atoms with Crippen molar-refractivity contribution in [3.05, 3.63) is 18.2 Å². The molecule has 6 nitrogen and oxygen atoms in total. The van der Waals surface area contributed by atoms with E-state index in [2.05, 4.69) is 4.72 Å². The van der Waals surface area contributed by atoms with Gasteiger partial charge in [0.25, 0.3) is 0 Å². The van der Waals surface area contributed by atoms with Gasteiger partial charge in [0.2, 0.25) is 10.0 Å². The molecule has 0 bridgehead atoms. The van der Waals surface area contributed by atoms with Crippen LogP contribution in [0.25, 0.3) is 0 Å². The summed E-state index contributed by atoms with van der Waals surface area (Å²) in [6.45, 7) is 2.18. The molecule has 1 aromatic rings. The van der Waals surface area contributed by atoms with Gasteiger partial charge in [-0.1, -0.05) is 6.92 Å². The number of hydrogen-bond donors (Lipinski definition) is 2. The minimum Gasteiger partial charge on any atom is -0.495 e. The Morgan fingerprint density at radius 2 is 2.05 bits per heavy atom. The van der Waals surface area contributed by atoms with Crippen LogP contribution < -0.4 is 15.2 Å². The molecular formula is C12H20N2O4S. The first kappa shape index (κ1) is 15.7. The maximum Gasteiger partial charge on any atom is 0.244 e. The van der Waals surface area contributed by atoms with E-state index in [0.29, 0.717) is 18.7 Å². The van der Waals surface area contributed by atoms with Gasteiger partial charge in [-0.05, 0) is 24.6 Å². The highest BCUT2D eigenvalue weighted by Gasteiger charge is 2.23. The lowest BCUT2D eigenvalue weighted by Gasteiger charge is -2.17. The van der Waals surface area contributed by atoms with Crippen LogP contribution in [-0.4, -0.2) is 35.3 Å². The monoisotopic (exact) mass is 288 g/mol. The zero-order valence-electron chi connectivity index (χ0n) is 11.3. The van der Waals surface area contributed by atoms with Crippen LogP contribution in [0.15, 0.2) is 23.1 Å². The molecule has 0 fully saturated rings. The second-order valence-corrected chi connectivity index (χ2v) is 5.77. The molecule has 0 aliphatic carbocycles. The Kier molecular flexibility index (Phi) is 5.59. The summed E-state index contributed by atoms with van der Waals surface area (Å²) in [5, 5.41) is 0. The van der Waals surface area contributed by atoms with Crippen molar-refractivity contribution in [3.63, 3.8) is 0 Å². The largest absolute Gasteiger partial charge is 0.495 e. The quantitative estimate of drug-likeness (QED) is 0.730. The van der Waals surface area contributed by atoms with Crippen molar-refractivity contribution >= 4 is 15.7 Å². The molecule has 0 radical (unpaired) electrons. The highest BCUT2D eigenvalue weighted by atomic mass is 32.2. The van der Waals surface area contributed by atoms with Crippen molar-refractivity contribution in [1.29, 1.82) is 0 Å². The molecule has 1 rings (SSSR count). The van der Waals surface area contributed by atoms with Gasteiger partial charge in [-0.3, -0.25) is 0 Å². The Bertz CT molecular complexity index is 516. The molecule has 0 spiro atoms. The van der Waals surface area contributed by atoms with Crippen molar-refractivity contribution in [3.8, 4) is 5.75 Å². The van der Waals surface area contributed by atoms with Crippen molar-refractivity contribution in [2.75, 3.05) is 26.6 Å². The number of methoxy groups -OCH3 is 2. The molecule has 7 heteroatoms. The van der Waals surface area contributed by atoms with Gasteiger partial charge in [0.15, 0.2) is 0 Å². The molecule has 0 aromatic heterocycles. The highest BCUT2D eigenvalue weighted by molar-refractivity contribution is 7.89. The van der Waals surface area contributed by atoms with E-state index in [1.54, 1.807) is 6.07 Å². The van der Waals surface area contributed by atoms with Gasteiger partial charge < -0.3 is 15.2 Å². The Hall–Kier alpha value is -1.31. The van der Waals surface area contributed by atoms with Crippen molar-refractivity contribution < 1.29 is 17.9 Å². The summed E-state index contributed by atoms with van der Waals surface area (Å²) in [7, 11) is -0.755. The maximum absolute atomic E-state index is 12.3. The number of rotatable bonds is 7. The summed E-state index contributed by atoms with van der Waals surface area (Å²) in [5.41, 5.74) is 5.99. The minimum absolute atomic E-state index is 0.0320. The maximum atomic E-state index is 12.3. The van der Waals surface area contributed by atoms with Crippen LogP contribution in [-0.2, 0) is 14.8 Å². The van der Waals surface area contributed by atoms with E-state index in [1.807, 2.05) is 6.92 Å². The van der Waals surface area contributed by atoms with E-state index in [0.717, 1.165) is 0 Å². The third-order valence-corrected chi connectivity index (χ3v) is 4.20. The Morgan fingerprint density at radius 3 is 2.58 bits per heavy atom. The number of sulfonamides is 1. The predicted octanol–water partition coefficient (Wildman–Crippen LogP) is 0.981. The molecular weight excluding hydrogens is 268 g/mol. The van der Waals surface area contributed by atoms with Crippen LogP contribution in [0.3, 0.4) is 0 Å². The van der Waals surface area contributed by atoms with Crippen LogP contribution in [0, 0.1) is 0 Å². The molecule has 0 aliphatic rings. The van der Waals surface area contributed by atoms with Crippen molar-refractivity contribution in [1.82, 2.24) is 4.72 Å². The second kappa shape index (κ2) is 6.74. The lowest BCUT2D eigenvalue weighted by molar-refractivity contribution is 0.173. The van der Waals surface area contributed by atoms with Gasteiger partial charge >= 0.3 is 0 Å². The molecule has 19 heavy (non-hydrogen) atoms. The standard InChI is InChI=1S/C12H20N2O4S/c1-4-10(8-17-2)14-19(15,16)12-7-9(13)5-6-11(12)18-3/h5-7,10,14H,4,8,13H2,1-3H3. The molecule has 1 atom stereocenters. The normalized spacial score (nSPS) is 13.2. The fourth-order valence-electron chi connectivity index (χ4n) is 1.62. The van der Waals surface area contributed by atoms with Crippen LogP contribution in [0.5, 0.6) is 5.75 Å². The Morgan fingerprint density at radius 1 is 1.37 bits per heavy atom. The van der Waals surface area contributed by atoms with E-state index in [4.69, 9.17) is 15.2 Å². The number of benzene rings is 1. The molecule has 1 unspecified atom stereocenters. The summed E-state index contributed by atoms with van der Waals surface area (Å²) in [6, 6.07) is 4.20. The van der Waals surface area contributed by atoms with E-state index < -0.39 is 10.0 Å². The van der Waals surface area contributed by atoms with Crippen molar-refractivity contribution in [2.45, 2.75) is 24.3 Å². The summed E-state index contributed by atoms with van der Waals surface area (Å²) >= 11 is 0. The van der Waals surface area contributed by atoms with E-state index in [1.165, 1.54) is 26.4 Å². The van der Waals surface area contributed by atoms with E-state index in [-0.39, 0.29) is 16.7 Å². The predicted molar refractivity (Wildman–Crippen MR) is 73.7 cm³/mol. The van der Waals surface area contributed by atoms with Crippen LogP contribution >= 0.6 is 0 Å². The third-order valence-electron chi connectivity index (χ3n) is 2.66. The topological polar surface area (TPSA) is 90.7 Å². The van der Waals surface area contributed by atoms with Gasteiger partial charge in [-0.25, -0.2) is 13.1 Å². The third kappa shape index (κ3) is 4.09. The summed E-state index contributed by atoms with van der Waals surface area (Å²) in [4.78, 5) is 0.0320. The number of nitrogens with one attached hydrogen (secondary N) is 1. The van der Waals surface area contributed by atoms with Crippen molar-refractivity contribution in [2.24, 2.45) is 0 Å². The fraction of sp³-hybridized carbons (Fsp3) is 0.500. The van der Waals surface area contributed by atoms with Gasteiger partial charge in [0.05, 0.1) is 13.7 Å². The Labute approximate surface area is 113 Å². The first-order chi connectivity index (χ1) is 8.94. The lowest BCUT2D eigenvalue weighted by Crippen LogP contribution is -2.37. The Balaban J connectivity index is 3.09. The van der Waals surface area contributed by atoms with E-state index >= 15 is 0 Å². The average Bonchev–Trinajstić information content (AvgIpc) is 2.38. The van der Waals surface area contributed by atoms with Crippen LogP contribution in [0.2, 0.25) is 0 Å². The molecule has 108 valence electrons. The fourth-order valence-corrected chi connectivity index (χ4v) is 3.13. The first-order valence-electron chi connectivity index (χ1n) is 5.89. The summed E-state index contributed by atoms with van der Waals surface area (Å²) in [5.74, 6) is 0.258. The zero-order chi connectivity index (χ0) is 14.5. The summed E-state index contributed by atoms with van der Waals surface area (Å²) in [6.07, 6.45) is 0.623. The SMILES string of the molecule is CCC(COC)NS(=O)(=O)c1cc(N)ccc1OC. The molecule has 1 aromatic carbocycles.